The molecule has 4 rings (SSSR count). The number of aromatic nitrogens is 1. The molecule has 0 aliphatic heterocycles. The third kappa shape index (κ3) is 2.98. The molecule has 1 unspecified atom stereocenters. The standard InChI is InChI=1S/C21H19NO/c1-2-6-17(7-3-1)20-11-9-18-8-10-19(13-21(18)20)23-15-16-5-4-12-22-14-16/h1-8,10,12-14,20H,9,11,15H2. The molecule has 1 aliphatic rings. The fourth-order valence-electron chi connectivity index (χ4n) is 3.35. The summed E-state index contributed by atoms with van der Waals surface area (Å²) in [6.07, 6.45) is 5.96. The van der Waals surface area contributed by atoms with Crippen LogP contribution in [-0.2, 0) is 13.0 Å². The monoisotopic (exact) mass is 301 g/mol. The minimum atomic E-state index is 0.494. The largest absolute Gasteiger partial charge is 0.489 e. The lowest BCUT2D eigenvalue weighted by atomic mass is 9.93. The lowest BCUT2D eigenvalue weighted by Crippen LogP contribution is -1.99. The average Bonchev–Trinajstić information content (AvgIpc) is 3.05. The van der Waals surface area contributed by atoms with Crippen LogP contribution < -0.4 is 4.74 Å². The van der Waals surface area contributed by atoms with E-state index in [0.717, 1.165) is 17.7 Å². The van der Waals surface area contributed by atoms with Crippen LogP contribution in [0.15, 0.2) is 73.1 Å². The van der Waals surface area contributed by atoms with E-state index in [4.69, 9.17) is 4.74 Å². The van der Waals surface area contributed by atoms with Crippen molar-refractivity contribution in [2.75, 3.05) is 0 Å². The highest BCUT2D eigenvalue weighted by molar-refractivity contribution is 5.46. The van der Waals surface area contributed by atoms with Crippen LogP contribution in [0.25, 0.3) is 0 Å². The van der Waals surface area contributed by atoms with Gasteiger partial charge in [-0.15, -0.1) is 0 Å². The molecule has 0 amide bonds. The number of hydrogen-bond acceptors (Lipinski definition) is 2. The Morgan fingerprint density at radius 2 is 1.91 bits per heavy atom. The zero-order valence-electron chi connectivity index (χ0n) is 13.0. The molecule has 2 nitrogen and oxygen atoms in total. The molecular formula is C21H19NO. The molecule has 1 heterocycles. The molecule has 0 saturated carbocycles. The number of fused-ring (bicyclic) bond motifs is 1. The van der Waals surface area contributed by atoms with Gasteiger partial charge in [-0.2, -0.15) is 0 Å². The predicted molar refractivity (Wildman–Crippen MR) is 91.6 cm³/mol. The predicted octanol–water partition coefficient (Wildman–Crippen LogP) is 4.74. The van der Waals surface area contributed by atoms with Gasteiger partial charge < -0.3 is 4.74 Å². The number of nitrogens with zero attached hydrogens (tertiary/aromatic N) is 1. The molecule has 1 atom stereocenters. The number of hydrogen-bond donors (Lipinski definition) is 0. The van der Waals surface area contributed by atoms with E-state index in [1.165, 1.54) is 23.1 Å². The fourth-order valence-corrected chi connectivity index (χ4v) is 3.35. The van der Waals surface area contributed by atoms with Gasteiger partial charge in [-0.3, -0.25) is 4.98 Å². The van der Waals surface area contributed by atoms with Crippen LogP contribution >= 0.6 is 0 Å². The smallest absolute Gasteiger partial charge is 0.120 e. The van der Waals surface area contributed by atoms with E-state index in [9.17, 15) is 0 Å². The molecule has 23 heavy (non-hydrogen) atoms. The van der Waals surface area contributed by atoms with Gasteiger partial charge in [0.1, 0.15) is 12.4 Å². The van der Waals surface area contributed by atoms with Gasteiger partial charge in [0.25, 0.3) is 0 Å². The second-order valence-electron chi connectivity index (χ2n) is 6.01. The van der Waals surface area contributed by atoms with Gasteiger partial charge in [0, 0.05) is 23.9 Å². The van der Waals surface area contributed by atoms with E-state index in [-0.39, 0.29) is 0 Å². The Hall–Kier alpha value is -2.61. The number of aryl methyl sites for hydroxylation is 1. The van der Waals surface area contributed by atoms with Gasteiger partial charge in [0.05, 0.1) is 0 Å². The van der Waals surface area contributed by atoms with Crippen molar-refractivity contribution in [3.8, 4) is 5.75 Å². The van der Waals surface area contributed by atoms with E-state index in [1.807, 2.05) is 18.3 Å². The molecule has 0 fully saturated rings. The minimum absolute atomic E-state index is 0.494. The van der Waals surface area contributed by atoms with Crippen molar-refractivity contribution in [2.24, 2.45) is 0 Å². The van der Waals surface area contributed by atoms with Crippen molar-refractivity contribution < 1.29 is 4.74 Å². The maximum Gasteiger partial charge on any atom is 0.120 e. The lowest BCUT2D eigenvalue weighted by molar-refractivity contribution is 0.305. The zero-order valence-corrected chi connectivity index (χ0v) is 13.0. The number of rotatable bonds is 4. The minimum Gasteiger partial charge on any atom is -0.489 e. The maximum absolute atomic E-state index is 5.96. The maximum atomic E-state index is 5.96. The van der Waals surface area contributed by atoms with Crippen molar-refractivity contribution in [3.05, 3.63) is 95.3 Å². The van der Waals surface area contributed by atoms with Gasteiger partial charge >= 0.3 is 0 Å². The molecule has 2 heteroatoms. The normalized spacial score (nSPS) is 16.1. The summed E-state index contributed by atoms with van der Waals surface area (Å²) in [6, 6.07) is 21.3. The fraction of sp³-hybridized carbons (Fsp3) is 0.190. The number of benzene rings is 2. The summed E-state index contributed by atoms with van der Waals surface area (Å²) in [5.41, 5.74) is 5.36. The third-order valence-corrected chi connectivity index (χ3v) is 4.53. The summed E-state index contributed by atoms with van der Waals surface area (Å²) >= 11 is 0. The van der Waals surface area contributed by atoms with Crippen LogP contribution in [0.1, 0.15) is 34.6 Å². The van der Waals surface area contributed by atoms with E-state index in [2.05, 4.69) is 53.5 Å². The summed E-state index contributed by atoms with van der Waals surface area (Å²) in [4.78, 5) is 4.13. The lowest BCUT2D eigenvalue weighted by Gasteiger charge is -2.14. The Labute approximate surface area is 136 Å². The molecule has 0 bridgehead atoms. The van der Waals surface area contributed by atoms with Crippen LogP contribution in [0, 0.1) is 0 Å². The average molecular weight is 301 g/mol. The Morgan fingerprint density at radius 1 is 1.00 bits per heavy atom. The van der Waals surface area contributed by atoms with E-state index in [0.29, 0.717) is 12.5 Å². The SMILES string of the molecule is c1ccc(C2CCc3ccc(OCc4cccnc4)cc32)cc1. The van der Waals surface area contributed by atoms with Crippen molar-refractivity contribution in [1.82, 2.24) is 4.98 Å². The highest BCUT2D eigenvalue weighted by atomic mass is 16.5. The van der Waals surface area contributed by atoms with Crippen molar-refractivity contribution in [1.29, 1.82) is 0 Å². The summed E-state index contributed by atoms with van der Waals surface area (Å²) in [5.74, 6) is 1.43. The van der Waals surface area contributed by atoms with Gasteiger partial charge in [0.15, 0.2) is 0 Å². The number of ether oxygens (including phenoxy) is 1. The molecule has 1 aliphatic carbocycles. The Morgan fingerprint density at radius 3 is 2.74 bits per heavy atom. The first kappa shape index (κ1) is 14.0. The summed E-state index contributed by atoms with van der Waals surface area (Å²) < 4.78 is 5.96. The van der Waals surface area contributed by atoms with Crippen LogP contribution in [0.2, 0.25) is 0 Å². The molecule has 3 aromatic rings. The Kier molecular flexibility index (Phi) is 3.81. The second-order valence-corrected chi connectivity index (χ2v) is 6.01. The van der Waals surface area contributed by atoms with Crippen molar-refractivity contribution in [2.45, 2.75) is 25.4 Å². The van der Waals surface area contributed by atoms with Crippen molar-refractivity contribution in [3.63, 3.8) is 0 Å². The second kappa shape index (κ2) is 6.25. The van der Waals surface area contributed by atoms with Gasteiger partial charge in [-0.05, 0) is 47.7 Å². The first-order valence-corrected chi connectivity index (χ1v) is 8.09. The summed E-state index contributed by atoms with van der Waals surface area (Å²) in [6.45, 7) is 0.558. The number of pyridine rings is 1. The molecule has 1 aromatic heterocycles. The van der Waals surface area contributed by atoms with Gasteiger partial charge in [-0.25, -0.2) is 0 Å². The molecule has 2 aromatic carbocycles. The molecule has 0 N–H and O–H groups in total. The molecule has 0 saturated heterocycles. The molecule has 0 radical (unpaired) electrons. The van der Waals surface area contributed by atoms with E-state index < -0.39 is 0 Å². The first-order chi connectivity index (χ1) is 11.4. The summed E-state index contributed by atoms with van der Waals surface area (Å²) in [7, 11) is 0. The highest BCUT2D eigenvalue weighted by Gasteiger charge is 2.24. The van der Waals surface area contributed by atoms with Crippen LogP contribution in [0.5, 0.6) is 5.75 Å². The van der Waals surface area contributed by atoms with Crippen LogP contribution in [-0.4, -0.2) is 4.98 Å². The van der Waals surface area contributed by atoms with E-state index in [1.54, 1.807) is 6.20 Å². The molecule has 0 spiro atoms. The first-order valence-electron chi connectivity index (χ1n) is 8.09. The van der Waals surface area contributed by atoms with Crippen molar-refractivity contribution >= 4 is 0 Å². The third-order valence-electron chi connectivity index (χ3n) is 4.53. The highest BCUT2D eigenvalue weighted by Crippen LogP contribution is 2.39. The zero-order chi connectivity index (χ0) is 15.5. The molecular weight excluding hydrogens is 282 g/mol. The summed E-state index contributed by atoms with van der Waals surface area (Å²) in [5, 5.41) is 0. The van der Waals surface area contributed by atoms with Gasteiger partial charge in [-0.1, -0.05) is 42.5 Å². The quantitative estimate of drug-likeness (QED) is 0.694. The van der Waals surface area contributed by atoms with Gasteiger partial charge in [0.2, 0.25) is 0 Å². The Balaban J connectivity index is 1.56. The van der Waals surface area contributed by atoms with Crippen LogP contribution in [0.4, 0.5) is 0 Å². The topological polar surface area (TPSA) is 22.1 Å². The van der Waals surface area contributed by atoms with E-state index >= 15 is 0 Å². The molecule has 114 valence electrons. The Bertz CT molecular complexity index is 783. The van der Waals surface area contributed by atoms with Crippen LogP contribution in [0.3, 0.4) is 0 Å².